The molecular formula is C25H27N3O4S. The van der Waals surface area contributed by atoms with Crippen LogP contribution in [0.5, 0.6) is 0 Å². The number of para-hydroxylation sites is 1. The molecular weight excluding hydrogens is 438 g/mol. The second kappa shape index (κ2) is 10.6. The molecule has 172 valence electrons. The van der Waals surface area contributed by atoms with Crippen LogP contribution >= 0.6 is 0 Å². The molecule has 0 saturated carbocycles. The largest absolute Gasteiger partial charge is 0.379 e. The van der Waals surface area contributed by atoms with E-state index in [2.05, 4.69) is 22.8 Å². The van der Waals surface area contributed by atoms with Gasteiger partial charge in [0.25, 0.3) is 0 Å². The second-order valence-electron chi connectivity index (χ2n) is 7.77. The molecule has 0 atom stereocenters. The molecule has 7 nitrogen and oxygen atoms in total. The molecule has 0 aromatic heterocycles. The highest BCUT2D eigenvalue weighted by atomic mass is 32.2. The molecule has 2 N–H and O–H groups in total. The van der Waals surface area contributed by atoms with Crippen molar-refractivity contribution in [3.8, 4) is 0 Å². The van der Waals surface area contributed by atoms with Crippen LogP contribution < -0.4 is 10.6 Å². The fourth-order valence-electron chi connectivity index (χ4n) is 3.69. The lowest BCUT2D eigenvalue weighted by Gasteiger charge is -2.26. The minimum absolute atomic E-state index is 0.0146. The molecule has 1 saturated heterocycles. The third-order valence-corrected chi connectivity index (χ3v) is 7.32. The average Bonchev–Trinajstić information content (AvgIpc) is 2.85. The van der Waals surface area contributed by atoms with Gasteiger partial charge < -0.3 is 15.4 Å². The fraction of sp³-hybridized carbons (Fsp3) is 0.240. The first kappa shape index (κ1) is 23.0. The van der Waals surface area contributed by atoms with Gasteiger partial charge in [0.15, 0.2) is 0 Å². The average molecular weight is 466 g/mol. The van der Waals surface area contributed by atoms with Crippen molar-refractivity contribution in [3.63, 3.8) is 0 Å². The number of hydrogen-bond donors (Lipinski definition) is 2. The Labute approximate surface area is 194 Å². The smallest absolute Gasteiger partial charge is 0.243 e. The molecule has 0 unspecified atom stereocenters. The maximum Gasteiger partial charge on any atom is 0.243 e. The lowest BCUT2D eigenvalue weighted by molar-refractivity contribution is -0.114. The van der Waals surface area contributed by atoms with E-state index in [0.29, 0.717) is 38.4 Å². The highest BCUT2D eigenvalue weighted by Gasteiger charge is 2.26. The van der Waals surface area contributed by atoms with E-state index in [1.54, 1.807) is 24.3 Å². The van der Waals surface area contributed by atoms with Gasteiger partial charge in [0, 0.05) is 24.5 Å². The zero-order valence-corrected chi connectivity index (χ0v) is 19.1. The molecule has 8 heteroatoms. The van der Waals surface area contributed by atoms with Gasteiger partial charge in [0.2, 0.25) is 15.9 Å². The molecule has 0 aliphatic carbocycles. The normalized spacial score (nSPS) is 14.5. The van der Waals surface area contributed by atoms with Crippen molar-refractivity contribution in [2.24, 2.45) is 0 Å². The van der Waals surface area contributed by atoms with Crippen LogP contribution in [-0.4, -0.2) is 51.5 Å². The molecule has 4 rings (SSSR count). The van der Waals surface area contributed by atoms with Crippen LogP contribution in [-0.2, 0) is 26.0 Å². The van der Waals surface area contributed by atoms with Crippen molar-refractivity contribution in [1.29, 1.82) is 0 Å². The Bertz CT molecular complexity index is 1190. The minimum Gasteiger partial charge on any atom is -0.379 e. The number of rotatable bonds is 8. The number of ether oxygens (including phenoxy) is 1. The Morgan fingerprint density at radius 1 is 0.909 bits per heavy atom. The van der Waals surface area contributed by atoms with Crippen LogP contribution in [0.4, 0.5) is 11.4 Å². The monoisotopic (exact) mass is 465 g/mol. The topological polar surface area (TPSA) is 87.7 Å². The molecule has 3 aromatic rings. The molecule has 1 amide bonds. The van der Waals surface area contributed by atoms with Gasteiger partial charge in [0.1, 0.15) is 0 Å². The van der Waals surface area contributed by atoms with Crippen molar-refractivity contribution in [3.05, 3.63) is 90.0 Å². The highest BCUT2D eigenvalue weighted by Crippen LogP contribution is 2.21. The summed E-state index contributed by atoms with van der Waals surface area (Å²) in [5, 5.41) is 5.99. The van der Waals surface area contributed by atoms with E-state index in [-0.39, 0.29) is 17.3 Å². The highest BCUT2D eigenvalue weighted by molar-refractivity contribution is 7.89. The van der Waals surface area contributed by atoms with Gasteiger partial charge in [-0.2, -0.15) is 4.31 Å². The van der Waals surface area contributed by atoms with Crippen LogP contribution in [0.2, 0.25) is 0 Å². The van der Waals surface area contributed by atoms with Crippen LogP contribution in [0.25, 0.3) is 0 Å². The SMILES string of the molecule is O=C(CNc1cccc(S(=O)(=O)N2CCOCC2)c1)Nc1ccccc1Cc1ccccc1. The number of carbonyl (C=O) groups excluding carboxylic acids is 1. The maximum atomic E-state index is 12.9. The molecule has 0 bridgehead atoms. The Hall–Kier alpha value is -3.20. The summed E-state index contributed by atoms with van der Waals surface area (Å²) in [5.41, 5.74) is 3.51. The van der Waals surface area contributed by atoms with E-state index in [0.717, 1.165) is 16.8 Å². The number of benzene rings is 3. The van der Waals surface area contributed by atoms with E-state index in [9.17, 15) is 13.2 Å². The summed E-state index contributed by atoms with van der Waals surface area (Å²) in [7, 11) is -3.59. The fourth-order valence-corrected chi connectivity index (χ4v) is 5.15. The zero-order chi connectivity index (χ0) is 23.1. The third-order valence-electron chi connectivity index (χ3n) is 5.42. The summed E-state index contributed by atoms with van der Waals surface area (Å²) in [6.45, 7) is 1.47. The van der Waals surface area contributed by atoms with E-state index < -0.39 is 10.0 Å². The number of carbonyl (C=O) groups is 1. The van der Waals surface area contributed by atoms with Gasteiger partial charge in [-0.1, -0.05) is 54.6 Å². The van der Waals surface area contributed by atoms with E-state index in [4.69, 9.17) is 4.74 Å². The summed E-state index contributed by atoms with van der Waals surface area (Å²) in [4.78, 5) is 12.8. The Morgan fingerprint density at radius 3 is 2.42 bits per heavy atom. The van der Waals surface area contributed by atoms with Gasteiger partial charge in [-0.3, -0.25) is 4.79 Å². The van der Waals surface area contributed by atoms with Gasteiger partial charge >= 0.3 is 0 Å². The predicted molar refractivity (Wildman–Crippen MR) is 129 cm³/mol. The molecule has 1 aliphatic heterocycles. The summed E-state index contributed by atoms with van der Waals surface area (Å²) in [5.74, 6) is -0.211. The number of nitrogens with zero attached hydrogens (tertiary/aromatic N) is 1. The number of morpholine rings is 1. The second-order valence-corrected chi connectivity index (χ2v) is 9.70. The van der Waals surface area contributed by atoms with Gasteiger partial charge in [-0.25, -0.2) is 8.42 Å². The first-order valence-corrected chi connectivity index (χ1v) is 12.3. The van der Waals surface area contributed by atoms with E-state index in [1.807, 2.05) is 42.5 Å². The van der Waals surface area contributed by atoms with Gasteiger partial charge in [-0.15, -0.1) is 0 Å². The van der Waals surface area contributed by atoms with Crippen LogP contribution in [0, 0.1) is 0 Å². The van der Waals surface area contributed by atoms with Crippen molar-refractivity contribution in [2.45, 2.75) is 11.3 Å². The molecule has 0 spiro atoms. The third kappa shape index (κ3) is 5.98. The maximum absolute atomic E-state index is 12.9. The molecule has 33 heavy (non-hydrogen) atoms. The molecule has 1 aliphatic rings. The first-order chi connectivity index (χ1) is 16.0. The Kier molecular flexibility index (Phi) is 7.39. The number of nitrogens with one attached hydrogen (secondary N) is 2. The number of amides is 1. The van der Waals surface area contributed by atoms with Gasteiger partial charge in [0.05, 0.1) is 24.7 Å². The zero-order valence-electron chi connectivity index (χ0n) is 18.2. The van der Waals surface area contributed by atoms with Crippen molar-refractivity contribution in [1.82, 2.24) is 4.31 Å². The summed E-state index contributed by atoms with van der Waals surface area (Å²) in [6.07, 6.45) is 0.714. The Balaban J connectivity index is 1.39. The van der Waals surface area contributed by atoms with E-state index >= 15 is 0 Å². The van der Waals surface area contributed by atoms with Crippen LogP contribution in [0.15, 0.2) is 83.8 Å². The summed E-state index contributed by atoms with van der Waals surface area (Å²) < 4.78 is 32.4. The quantitative estimate of drug-likeness (QED) is 0.533. The first-order valence-electron chi connectivity index (χ1n) is 10.9. The van der Waals surface area contributed by atoms with Crippen molar-refractivity contribution < 1.29 is 17.9 Å². The standard InChI is InChI=1S/C25H27N3O4S/c29-25(27-24-12-5-4-9-21(24)17-20-7-2-1-3-8-20)19-26-22-10-6-11-23(18-22)33(30,31)28-13-15-32-16-14-28/h1-12,18,26H,13-17,19H2,(H,27,29). The Morgan fingerprint density at radius 2 is 1.64 bits per heavy atom. The minimum atomic E-state index is -3.59. The number of anilines is 2. The lowest BCUT2D eigenvalue weighted by Crippen LogP contribution is -2.40. The number of hydrogen-bond acceptors (Lipinski definition) is 5. The van der Waals surface area contributed by atoms with E-state index in [1.165, 1.54) is 4.31 Å². The van der Waals surface area contributed by atoms with Crippen LogP contribution in [0.1, 0.15) is 11.1 Å². The lowest BCUT2D eigenvalue weighted by atomic mass is 10.0. The molecule has 1 fully saturated rings. The molecule has 0 radical (unpaired) electrons. The molecule has 1 heterocycles. The van der Waals surface area contributed by atoms with Crippen LogP contribution in [0.3, 0.4) is 0 Å². The van der Waals surface area contributed by atoms with Crippen molar-refractivity contribution in [2.75, 3.05) is 43.5 Å². The number of sulfonamides is 1. The van der Waals surface area contributed by atoms with Gasteiger partial charge in [-0.05, 0) is 41.8 Å². The molecule has 3 aromatic carbocycles. The van der Waals surface area contributed by atoms with Crippen molar-refractivity contribution >= 4 is 27.3 Å². The predicted octanol–water partition coefficient (Wildman–Crippen LogP) is 3.35. The summed E-state index contributed by atoms with van der Waals surface area (Å²) >= 11 is 0. The summed E-state index contributed by atoms with van der Waals surface area (Å²) in [6, 6.07) is 24.3.